The monoisotopic (exact) mass is 264 g/mol. The van der Waals surface area contributed by atoms with E-state index >= 15 is 0 Å². The smallest absolute Gasteiger partial charge is 0.194 e. The molecule has 0 bridgehead atoms. The average Bonchev–Trinajstić information content (AvgIpc) is 2.92. The van der Waals surface area contributed by atoms with Gasteiger partial charge in [-0.3, -0.25) is 0 Å². The summed E-state index contributed by atoms with van der Waals surface area (Å²) in [6.45, 7) is 0. The van der Waals surface area contributed by atoms with Crippen LogP contribution in [0.4, 0.5) is 13.2 Å². The lowest BCUT2D eigenvalue weighted by molar-refractivity contribution is 0.445. The predicted molar refractivity (Wildman–Crippen MR) is 51.0 cm³/mol. The largest absolute Gasteiger partial charge is 0.204 e. The van der Waals surface area contributed by atoms with Crippen molar-refractivity contribution in [2.45, 2.75) is 12.3 Å². The minimum Gasteiger partial charge on any atom is -0.204 e. The van der Waals surface area contributed by atoms with Gasteiger partial charge in [-0.25, -0.2) is 13.2 Å². The fourth-order valence-electron chi connectivity index (χ4n) is 1.62. The lowest BCUT2D eigenvalue weighted by Gasteiger charge is -2.01. The second kappa shape index (κ2) is 3.57. The number of rotatable bonds is 2. The van der Waals surface area contributed by atoms with E-state index in [0.29, 0.717) is 11.5 Å². The van der Waals surface area contributed by atoms with Crippen LogP contribution in [0.2, 0.25) is 0 Å². The Labute approximate surface area is 88.2 Å². The Balaban J connectivity index is 2.28. The number of hydrogen-bond acceptors (Lipinski definition) is 0. The van der Waals surface area contributed by atoms with Crippen LogP contribution in [0.3, 0.4) is 0 Å². The van der Waals surface area contributed by atoms with Crippen molar-refractivity contribution < 1.29 is 13.2 Å². The molecule has 0 N–H and O–H groups in total. The van der Waals surface area contributed by atoms with E-state index in [1.165, 1.54) is 0 Å². The molecule has 14 heavy (non-hydrogen) atoms. The molecular weight excluding hydrogens is 257 g/mol. The summed E-state index contributed by atoms with van der Waals surface area (Å²) in [5.41, 5.74) is 0.561. The molecule has 0 saturated heterocycles. The molecule has 4 heteroatoms. The number of alkyl halides is 1. The van der Waals surface area contributed by atoms with Crippen LogP contribution in [0.15, 0.2) is 12.1 Å². The Morgan fingerprint density at radius 1 is 1.21 bits per heavy atom. The molecule has 0 spiro atoms. The van der Waals surface area contributed by atoms with Gasteiger partial charge in [-0.15, -0.1) is 0 Å². The molecule has 76 valence electrons. The van der Waals surface area contributed by atoms with E-state index in [9.17, 15) is 13.2 Å². The summed E-state index contributed by atoms with van der Waals surface area (Å²) in [5.74, 6) is -2.97. The van der Waals surface area contributed by atoms with E-state index in [0.717, 1.165) is 23.9 Å². The molecule has 2 rings (SSSR count). The first-order valence-electron chi connectivity index (χ1n) is 4.34. The van der Waals surface area contributed by atoms with Crippen LogP contribution in [0.5, 0.6) is 0 Å². The van der Waals surface area contributed by atoms with Gasteiger partial charge in [0.15, 0.2) is 17.5 Å². The zero-order chi connectivity index (χ0) is 10.3. The molecule has 1 aliphatic carbocycles. The summed E-state index contributed by atoms with van der Waals surface area (Å²) in [6.07, 6.45) is 0.912. The van der Waals surface area contributed by atoms with Gasteiger partial charge < -0.3 is 0 Å². The molecule has 1 aliphatic rings. The van der Waals surface area contributed by atoms with Crippen molar-refractivity contribution in [2.24, 2.45) is 5.92 Å². The van der Waals surface area contributed by atoms with Gasteiger partial charge >= 0.3 is 0 Å². The first-order chi connectivity index (χ1) is 6.63. The highest BCUT2D eigenvalue weighted by molar-refractivity contribution is 9.09. The van der Waals surface area contributed by atoms with E-state index < -0.39 is 17.5 Å². The summed E-state index contributed by atoms with van der Waals surface area (Å²) >= 11 is 3.30. The lowest BCUT2D eigenvalue weighted by Crippen LogP contribution is -1.94. The van der Waals surface area contributed by atoms with Crippen LogP contribution < -0.4 is 0 Å². The molecule has 0 heterocycles. The average molecular weight is 265 g/mol. The fourth-order valence-corrected chi connectivity index (χ4v) is 2.33. The van der Waals surface area contributed by atoms with Gasteiger partial charge in [0, 0.05) is 5.33 Å². The molecule has 0 amide bonds. The van der Waals surface area contributed by atoms with Gasteiger partial charge in [-0.05, 0) is 36.0 Å². The molecule has 2 unspecified atom stereocenters. The summed E-state index contributed by atoms with van der Waals surface area (Å²) in [4.78, 5) is 0. The zero-order valence-electron chi connectivity index (χ0n) is 7.24. The second-order valence-electron chi connectivity index (χ2n) is 3.56. The minimum absolute atomic E-state index is 0.180. The molecule has 0 nitrogen and oxygen atoms in total. The van der Waals surface area contributed by atoms with Crippen molar-refractivity contribution in [3.05, 3.63) is 35.1 Å². The van der Waals surface area contributed by atoms with Gasteiger partial charge in [0.25, 0.3) is 0 Å². The van der Waals surface area contributed by atoms with Crippen LogP contribution in [0.25, 0.3) is 0 Å². The van der Waals surface area contributed by atoms with E-state index in [2.05, 4.69) is 15.9 Å². The highest BCUT2D eigenvalue weighted by Gasteiger charge is 2.38. The maximum Gasteiger partial charge on any atom is 0.194 e. The number of benzene rings is 1. The van der Waals surface area contributed by atoms with Gasteiger partial charge in [0.1, 0.15) is 0 Å². The maximum atomic E-state index is 12.8. The third-order valence-electron chi connectivity index (χ3n) is 2.56. The molecule has 0 aromatic heterocycles. The first-order valence-corrected chi connectivity index (χ1v) is 5.46. The molecule has 1 saturated carbocycles. The van der Waals surface area contributed by atoms with Crippen LogP contribution in [0, 0.1) is 23.4 Å². The van der Waals surface area contributed by atoms with E-state index in [-0.39, 0.29) is 5.92 Å². The van der Waals surface area contributed by atoms with Gasteiger partial charge in [0.05, 0.1) is 0 Å². The SMILES string of the molecule is Fc1cc(C2CC2CBr)cc(F)c1F. The van der Waals surface area contributed by atoms with Crippen molar-refractivity contribution in [3.63, 3.8) is 0 Å². The quantitative estimate of drug-likeness (QED) is 0.566. The molecule has 0 aliphatic heterocycles. The van der Waals surface area contributed by atoms with E-state index in [1.54, 1.807) is 0 Å². The first kappa shape index (κ1) is 10.0. The third kappa shape index (κ3) is 1.67. The highest BCUT2D eigenvalue weighted by atomic mass is 79.9. The van der Waals surface area contributed by atoms with Crippen LogP contribution in [-0.2, 0) is 0 Å². The molecule has 1 aromatic carbocycles. The Morgan fingerprint density at radius 3 is 2.21 bits per heavy atom. The second-order valence-corrected chi connectivity index (χ2v) is 4.20. The Kier molecular flexibility index (Phi) is 2.56. The van der Waals surface area contributed by atoms with Crippen LogP contribution in [-0.4, -0.2) is 5.33 Å². The topological polar surface area (TPSA) is 0 Å². The maximum absolute atomic E-state index is 12.8. The van der Waals surface area contributed by atoms with Gasteiger partial charge in [-0.2, -0.15) is 0 Å². The van der Waals surface area contributed by atoms with E-state index in [1.807, 2.05) is 0 Å². The molecule has 1 aromatic rings. The summed E-state index contributed by atoms with van der Waals surface area (Å²) in [6, 6.07) is 2.18. The van der Waals surface area contributed by atoms with Crippen molar-refractivity contribution in [2.75, 3.05) is 5.33 Å². The fraction of sp³-hybridized carbons (Fsp3) is 0.400. The molecular formula is C10H8BrF3. The van der Waals surface area contributed by atoms with Crippen molar-refractivity contribution >= 4 is 15.9 Å². The Hall–Kier alpha value is -0.510. The zero-order valence-corrected chi connectivity index (χ0v) is 8.82. The van der Waals surface area contributed by atoms with Crippen LogP contribution in [0.1, 0.15) is 17.9 Å². The van der Waals surface area contributed by atoms with Gasteiger partial charge in [-0.1, -0.05) is 15.9 Å². The molecule has 2 atom stereocenters. The van der Waals surface area contributed by atoms with Crippen LogP contribution >= 0.6 is 15.9 Å². The Morgan fingerprint density at radius 2 is 1.79 bits per heavy atom. The third-order valence-corrected chi connectivity index (χ3v) is 3.39. The van der Waals surface area contributed by atoms with Gasteiger partial charge in [0.2, 0.25) is 0 Å². The molecule has 0 radical (unpaired) electrons. The van der Waals surface area contributed by atoms with E-state index in [4.69, 9.17) is 0 Å². The predicted octanol–water partition coefficient (Wildman–Crippen LogP) is 3.60. The van der Waals surface area contributed by atoms with Crippen molar-refractivity contribution in [1.29, 1.82) is 0 Å². The number of hydrogen-bond donors (Lipinski definition) is 0. The lowest BCUT2D eigenvalue weighted by atomic mass is 10.1. The normalized spacial score (nSPS) is 25.1. The minimum atomic E-state index is -1.38. The standard InChI is InChI=1S/C10H8BrF3/c11-4-6-1-7(6)5-2-8(12)10(14)9(13)3-5/h2-3,6-7H,1,4H2. The molecule has 1 fully saturated rings. The highest BCUT2D eigenvalue weighted by Crippen LogP contribution is 2.48. The summed E-state index contributed by atoms with van der Waals surface area (Å²) in [5, 5.41) is 0.818. The van der Waals surface area contributed by atoms with Crippen molar-refractivity contribution in [3.8, 4) is 0 Å². The number of halogens is 4. The van der Waals surface area contributed by atoms with Crippen molar-refractivity contribution in [1.82, 2.24) is 0 Å². The summed E-state index contributed by atoms with van der Waals surface area (Å²) < 4.78 is 38.3. The Bertz CT molecular complexity index is 341. The summed E-state index contributed by atoms with van der Waals surface area (Å²) in [7, 11) is 0.